The molecule has 2 aliphatic rings. The molecular weight excluding hydrogens is 622 g/mol. The Hall–Kier alpha value is -4.86. The van der Waals surface area contributed by atoms with Crippen molar-refractivity contribution in [2.24, 2.45) is 0 Å². The Morgan fingerprint density at radius 1 is 0.745 bits per heavy atom. The maximum atomic E-state index is 15.7. The number of fused-ring (bicyclic) bond motifs is 1. The molecule has 0 aliphatic carbocycles. The van der Waals surface area contributed by atoms with Crippen LogP contribution in [-0.4, -0.2) is 73.2 Å². The van der Waals surface area contributed by atoms with Crippen molar-refractivity contribution in [2.45, 2.75) is 12.3 Å². The van der Waals surface area contributed by atoms with Crippen LogP contribution in [0.3, 0.4) is 0 Å². The molecule has 4 aromatic carbocycles. The number of alkyl halides is 2. The molecule has 2 heterocycles. The molecule has 0 aromatic heterocycles. The van der Waals surface area contributed by atoms with Crippen molar-refractivity contribution in [3.8, 4) is 11.1 Å². The van der Waals surface area contributed by atoms with Crippen LogP contribution >= 0.6 is 12.4 Å². The molecule has 0 unspecified atom stereocenters. The number of halogens is 3. The normalized spacial score (nSPS) is 16.9. The van der Waals surface area contributed by atoms with Crippen LogP contribution in [-0.2, 0) is 4.79 Å². The van der Waals surface area contributed by atoms with E-state index in [-0.39, 0.29) is 41.6 Å². The summed E-state index contributed by atoms with van der Waals surface area (Å²) >= 11 is 0. The molecule has 0 atom stereocenters. The van der Waals surface area contributed by atoms with E-state index in [0.29, 0.717) is 43.1 Å². The number of nitrogens with one attached hydrogen (secondary N) is 1. The lowest BCUT2D eigenvalue weighted by Crippen LogP contribution is -2.46. The molecule has 0 radical (unpaired) electrons. The highest BCUT2D eigenvalue weighted by Crippen LogP contribution is 2.43. The first kappa shape index (κ1) is 33.5. The smallest absolute Gasteiger partial charge is 0.275 e. The number of allylic oxidation sites excluding steroid dienone is 1. The minimum absolute atomic E-state index is 0. The van der Waals surface area contributed by atoms with Crippen LogP contribution < -0.4 is 10.2 Å². The Labute approximate surface area is 278 Å². The van der Waals surface area contributed by atoms with Crippen LogP contribution in [0.15, 0.2) is 109 Å². The summed E-state index contributed by atoms with van der Waals surface area (Å²) in [5, 5.41) is 2.89. The van der Waals surface area contributed by atoms with Gasteiger partial charge in [0.25, 0.3) is 17.7 Å². The lowest BCUT2D eigenvalue weighted by Gasteiger charge is -2.32. The zero-order chi connectivity index (χ0) is 32.3. The molecule has 242 valence electrons. The van der Waals surface area contributed by atoms with Gasteiger partial charge in [0, 0.05) is 73.2 Å². The molecule has 1 saturated heterocycles. The Balaban J connectivity index is 0.00000433. The highest BCUT2D eigenvalue weighted by Gasteiger charge is 2.41. The van der Waals surface area contributed by atoms with Crippen molar-refractivity contribution in [3.63, 3.8) is 0 Å². The summed E-state index contributed by atoms with van der Waals surface area (Å²) in [4.78, 5) is 45.1. The molecule has 3 amide bonds. The number of hydrogen-bond donors (Lipinski definition) is 1. The van der Waals surface area contributed by atoms with Gasteiger partial charge in [-0.25, -0.2) is 8.78 Å². The van der Waals surface area contributed by atoms with Crippen molar-refractivity contribution >= 4 is 47.1 Å². The summed E-state index contributed by atoms with van der Waals surface area (Å²) in [6.45, 7) is 2.04. The summed E-state index contributed by atoms with van der Waals surface area (Å²) in [6.07, 6.45) is 0.412. The number of hydrogen-bond acceptors (Lipinski definition) is 4. The Bertz CT molecular complexity index is 1790. The van der Waals surface area contributed by atoms with E-state index in [0.717, 1.165) is 17.2 Å². The van der Waals surface area contributed by atoms with Crippen LogP contribution in [0.4, 0.5) is 20.2 Å². The van der Waals surface area contributed by atoms with Crippen molar-refractivity contribution in [1.82, 2.24) is 9.80 Å². The molecule has 4 aromatic rings. The Morgan fingerprint density at radius 3 is 2.06 bits per heavy atom. The lowest BCUT2D eigenvalue weighted by molar-refractivity contribution is -0.127. The molecule has 6 rings (SSSR count). The summed E-state index contributed by atoms with van der Waals surface area (Å²) in [7, 11) is 1.96. The van der Waals surface area contributed by atoms with E-state index in [2.05, 4.69) is 10.2 Å². The van der Waals surface area contributed by atoms with Gasteiger partial charge < -0.3 is 20.0 Å². The molecule has 0 spiro atoms. The number of benzene rings is 4. The van der Waals surface area contributed by atoms with Gasteiger partial charge >= 0.3 is 0 Å². The quantitative estimate of drug-likeness (QED) is 0.238. The zero-order valence-electron chi connectivity index (χ0n) is 25.9. The third kappa shape index (κ3) is 7.26. The number of para-hydroxylation sites is 1. The molecule has 1 N–H and O–H groups in total. The molecule has 1 fully saturated rings. The van der Waals surface area contributed by atoms with Gasteiger partial charge in [-0.05, 0) is 54.6 Å². The summed E-state index contributed by atoms with van der Waals surface area (Å²) in [5.74, 6) is -4.53. The maximum absolute atomic E-state index is 15.7. The predicted octanol–water partition coefficient (Wildman–Crippen LogP) is 6.87. The number of anilines is 2. The minimum Gasteiger partial charge on any atom is -0.337 e. The van der Waals surface area contributed by atoms with Gasteiger partial charge in [0.1, 0.15) is 0 Å². The molecular formula is C37H35ClF2N4O3. The highest BCUT2D eigenvalue weighted by atomic mass is 35.5. The highest BCUT2D eigenvalue weighted by molar-refractivity contribution is 6.11. The number of nitrogens with zero attached hydrogens (tertiary/aromatic N) is 3. The average molecular weight is 657 g/mol. The van der Waals surface area contributed by atoms with Crippen LogP contribution in [0.1, 0.15) is 32.7 Å². The SMILES string of the molecule is CN1CCN(C(=O)C=C2c3ccccc3N(C(=O)c3ccc(NC(=O)c4ccccc4-c4ccccc4)cc3)CCC2(F)F)CC1.Cl. The summed E-state index contributed by atoms with van der Waals surface area (Å²) < 4.78 is 31.3. The molecule has 7 nitrogen and oxygen atoms in total. The Kier molecular flexibility index (Phi) is 10.2. The monoisotopic (exact) mass is 656 g/mol. The number of amides is 3. The fourth-order valence-electron chi connectivity index (χ4n) is 5.88. The minimum atomic E-state index is -3.32. The van der Waals surface area contributed by atoms with Crippen LogP contribution in [0.25, 0.3) is 16.7 Å². The Morgan fingerprint density at radius 2 is 1.36 bits per heavy atom. The van der Waals surface area contributed by atoms with Crippen LogP contribution in [0.2, 0.25) is 0 Å². The van der Waals surface area contributed by atoms with E-state index in [9.17, 15) is 14.4 Å². The number of rotatable bonds is 5. The number of carbonyl (C=O) groups is 3. The molecule has 10 heteroatoms. The molecule has 2 aliphatic heterocycles. The zero-order valence-corrected chi connectivity index (χ0v) is 26.7. The topological polar surface area (TPSA) is 73.0 Å². The van der Waals surface area contributed by atoms with Gasteiger partial charge in [0.15, 0.2) is 0 Å². The van der Waals surface area contributed by atoms with Gasteiger partial charge in [-0.1, -0.05) is 66.7 Å². The largest absolute Gasteiger partial charge is 0.337 e. The van der Waals surface area contributed by atoms with Gasteiger partial charge in [0.05, 0.1) is 5.69 Å². The van der Waals surface area contributed by atoms with Crippen molar-refractivity contribution in [3.05, 3.63) is 126 Å². The molecule has 47 heavy (non-hydrogen) atoms. The first-order valence-electron chi connectivity index (χ1n) is 15.3. The number of carbonyl (C=O) groups excluding carboxylic acids is 3. The molecule has 0 saturated carbocycles. The fourth-order valence-corrected chi connectivity index (χ4v) is 5.88. The van der Waals surface area contributed by atoms with Gasteiger partial charge in [0.2, 0.25) is 5.91 Å². The second-order valence-electron chi connectivity index (χ2n) is 11.6. The number of piperazine rings is 1. The van der Waals surface area contributed by atoms with Crippen LogP contribution in [0.5, 0.6) is 0 Å². The first-order chi connectivity index (χ1) is 22.2. The van der Waals surface area contributed by atoms with Crippen molar-refractivity contribution in [2.75, 3.05) is 50.0 Å². The number of likely N-dealkylation sites (N-methyl/N-ethyl adjacent to an activating group) is 1. The average Bonchev–Trinajstić information content (AvgIpc) is 3.18. The van der Waals surface area contributed by atoms with E-state index >= 15 is 8.78 Å². The predicted molar refractivity (Wildman–Crippen MR) is 183 cm³/mol. The van der Waals surface area contributed by atoms with E-state index in [1.807, 2.05) is 49.5 Å². The first-order valence-corrected chi connectivity index (χ1v) is 15.3. The van der Waals surface area contributed by atoms with E-state index in [1.54, 1.807) is 59.5 Å². The van der Waals surface area contributed by atoms with Crippen molar-refractivity contribution in [1.29, 1.82) is 0 Å². The summed E-state index contributed by atoms with van der Waals surface area (Å²) in [5.41, 5.74) is 3.07. The standard InChI is InChI=1S/C37H34F2N4O3.ClH/c1-41-21-23-42(24-22-41)34(44)25-32-31-13-7-8-14-33(31)43(20-19-37(32,38)39)36(46)27-15-17-28(18-16-27)40-35(45)30-12-6-5-11-29(30)26-9-3-2-4-10-26;/h2-18,25H,19-24H2,1H3,(H,40,45);1H. The third-order valence-electron chi connectivity index (χ3n) is 8.50. The van der Waals surface area contributed by atoms with E-state index in [1.165, 1.54) is 11.0 Å². The second kappa shape index (κ2) is 14.3. The van der Waals surface area contributed by atoms with E-state index < -0.39 is 24.2 Å². The third-order valence-corrected chi connectivity index (χ3v) is 8.50. The van der Waals surface area contributed by atoms with Gasteiger partial charge in [-0.15, -0.1) is 12.4 Å². The maximum Gasteiger partial charge on any atom is 0.275 e. The fraction of sp³-hybridized carbons (Fsp3) is 0.216. The molecule has 0 bridgehead atoms. The van der Waals surface area contributed by atoms with Crippen molar-refractivity contribution < 1.29 is 23.2 Å². The van der Waals surface area contributed by atoms with Gasteiger partial charge in [-0.2, -0.15) is 0 Å². The second-order valence-corrected chi connectivity index (χ2v) is 11.6. The van der Waals surface area contributed by atoms with E-state index in [4.69, 9.17) is 0 Å². The summed E-state index contributed by atoms with van der Waals surface area (Å²) in [6, 6.07) is 29.8. The lowest BCUT2D eigenvalue weighted by atomic mass is 9.96. The van der Waals surface area contributed by atoms with Gasteiger partial charge in [-0.3, -0.25) is 14.4 Å². The van der Waals surface area contributed by atoms with Crippen LogP contribution in [0, 0.1) is 0 Å².